The molecule has 34 heavy (non-hydrogen) atoms. The van der Waals surface area contributed by atoms with Crippen molar-refractivity contribution < 1.29 is 14.3 Å². The number of aryl methyl sites for hydroxylation is 1. The number of nitrogens with one attached hydrogen (secondary N) is 1. The molecule has 1 saturated carbocycles. The van der Waals surface area contributed by atoms with Crippen molar-refractivity contribution in [2.45, 2.75) is 46.1 Å². The van der Waals surface area contributed by atoms with Gasteiger partial charge in [0.15, 0.2) is 0 Å². The van der Waals surface area contributed by atoms with E-state index in [2.05, 4.69) is 19.2 Å². The van der Waals surface area contributed by atoms with E-state index >= 15 is 0 Å². The molecule has 1 N–H and O–H groups in total. The van der Waals surface area contributed by atoms with Gasteiger partial charge in [-0.25, -0.2) is 9.48 Å². The number of rotatable bonds is 11. The fourth-order valence-electron chi connectivity index (χ4n) is 3.91. The second-order valence-corrected chi connectivity index (χ2v) is 8.67. The van der Waals surface area contributed by atoms with Gasteiger partial charge in [-0.05, 0) is 55.9 Å². The zero-order chi connectivity index (χ0) is 23.9. The van der Waals surface area contributed by atoms with E-state index in [-0.39, 0.29) is 6.03 Å². The van der Waals surface area contributed by atoms with Crippen LogP contribution in [0.15, 0.2) is 54.6 Å². The van der Waals surface area contributed by atoms with E-state index in [4.69, 9.17) is 14.6 Å². The molecule has 1 aliphatic rings. The van der Waals surface area contributed by atoms with Gasteiger partial charge in [0.2, 0.25) is 5.88 Å². The highest BCUT2D eigenvalue weighted by molar-refractivity contribution is 5.74. The molecule has 1 fully saturated rings. The number of hydrogen-bond donors (Lipinski definition) is 1. The van der Waals surface area contributed by atoms with Gasteiger partial charge < -0.3 is 19.7 Å². The summed E-state index contributed by atoms with van der Waals surface area (Å²) in [6.45, 7) is 6.00. The van der Waals surface area contributed by atoms with E-state index < -0.39 is 0 Å². The van der Waals surface area contributed by atoms with Gasteiger partial charge in [-0.2, -0.15) is 5.10 Å². The molecule has 1 aliphatic carbocycles. The topological polar surface area (TPSA) is 68.6 Å². The van der Waals surface area contributed by atoms with Crippen molar-refractivity contribution in [2.24, 2.45) is 5.92 Å². The number of methoxy groups -OCH3 is 1. The van der Waals surface area contributed by atoms with Crippen LogP contribution in [0.4, 0.5) is 4.79 Å². The number of hydrogen-bond acceptors (Lipinski definition) is 4. The van der Waals surface area contributed by atoms with Gasteiger partial charge in [0.1, 0.15) is 11.5 Å². The lowest BCUT2D eigenvalue weighted by Gasteiger charge is -2.24. The highest BCUT2D eigenvalue weighted by Crippen LogP contribution is 2.35. The Morgan fingerprint density at radius 1 is 1.12 bits per heavy atom. The monoisotopic (exact) mass is 462 g/mol. The third kappa shape index (κ3) is 5.71. The van der Waals surface area contributed by atoms with Crippen LogP contribution in [0.3, 0.4) is 0 Å². The number of amides is 2. The Balaban J connectivity index is 1.74. The molecular formula is C27H34N4O3. The van der Waals surface area contributed by atoms with E-state index in [1.165, 1.54) is 12.8 Å². The van der Waals surface area contributed by atoms with Crippen LogP contribution in [0.25, 0.3) is 5.69 Å². The molecule has 0 spiro atoms. The van der Waals surface area contributed by atoms with Gasteiger partial charge in [0.25, 0.3) is 0 Å². The molecular weight excluding hydrogens is 428 g/mol. The summed E-state index contributed by atoms with van der Waals surface area (Å²) < 4.78 is 13.7. The molecule has 2 aromatic carbocycles. The van der Waals surface area contributed by atoms with Crippen LogP contribution in [-0.4, -0.2) is 40.9 Å². The Hall–Kier alpha value is -3.48. The zero-order valence-electron chi connectivity index (χ0n) is 20.3. The van der Waals surface area contributed by atoms with Gasteiger partial charge in [-0.1, -0.05) is 38.1 Å². The standard InChI is InChI=1S/C27H34N4O3/c1-4-16-28-27(32)30(18-20-14-15-20)19-24-25(5-2)29-31(21-10-7-6-8-11-21)26(24)34-23-13-9-12-22(17-23)33-3/h6-13,17,20H,4-5,14-16,18-19H2,1-3H3,(H,28,32). The van der Waals surface area contributed by atoms with E-state index in [1.807, 2.05) is 64.2 Å². The first-order chi connectivity index (χ1) is 16.6. The van der Waals surface area contributed by atoms with Gasteiger partial charge >= 0.3 is 6.03 Å². The average molecular weight is 463 g/mol. The number of carbonyl (C=O) groups excluding carboxylic acids is 1. The summed E-state index contributed by atoms with van der Waals surface area (Å²) in [5, 5.41) is 7.96. The Morgan fingerprint density at radius 3 is 2.56 bits per heavy atom. The molecule has 0 bridgehead atoms. The molecule has 0 radical (unpaired) electrons. The maximum atomic E-state index is 13.0. The van der Waals surface area contributed by atoms with Gasteiger partial charge in [0.05, 0.1) is 30.6 Å². The van der Waals surface area contributed by atoms with Gasteiger partial charge in [-0.15, -0.1) is 0 Å². The van der Waals surface area contributed by atoms with Crippen LogP contribution in [0.5, 0.6) is 17.4 Å². The van der Waals surface area contributed by atoms with Crippen molar-refractivity contribution in [3.63, 3.8) is 0 Å². The lowest BCUT2D eigenvalue weighted by atomic mass is 10.1. The molecule has 0 saturated heterocycles. The lowest BCUT2D eigenvalue weighted by molar-refractivity contribution is 0.192. The molecule has 180 valence electrons. The van der Waals surface area contributed by atoms with E-state index in [0.29, 0.717) is 30.6 Å². The zero-order valence-corrected chi connectivity index (χ0v) is 20.3. The van der Waals surface area contributed by atoms with Crippen LogP contribution < -0.4 is 14.8 Å². The third-order valence-electron chi connectivity index (χ3n) is 5.95. The van der Waals surface area contributed by atoms with E-state index in [0.717, 1.165) is 42.1 Å². The van der Waals surface area contributed by atoms with Crippen LogP contribution in [0.2, 0.25) is 0 Å². The second-order valence-electron chi connectivity index (χ2n) is 8.67. The number of para-hydroxylation sites is 1. The summed E-state index contributed by atoms with van der Waals surface area (Å²) >= 11 is 0. The fourth-order valence-corrected chi connectivity index (χ4v) is 3.91. The van der Waals surface area contributed by atoms with Crippen LogP contribution >= 0.6 is 0 Å². The number of carbonyl (C=O) groups is 1. The second kappa shape index (κ2) is 11.1. The smallest absolute Gasteiger partial charge is 0.317 e. The van der Waals surface area contributed by atoms with Crippen molar-refractivity contribution in [2.75, 3.05) is 20.2 Å². The molecule has 7 heteroatoms. The quantitative estimate of drug-likeness (QED) is 0.405. The summed E-state index contributed by atoms with van der Waals surface area (Å²) in [7, 11) is 1.64. The summed E-state index contributed by atoms with van der Waals surface area (Å²) in [5.74, 6) is 2.57. The van der Waals surface area contributed by atoms with Crippen LogP contribution in [0, 0.1) is 5.92 Å². The maximum Gasteiger partial charge on any atom is 0.317 e. The van der Waals surface area contributed by atoms with Gasteiger partial charge in [0, 0.05) is 19.2 Å². The molecule has 0 unspecified atom stereocenters. The number of aromatic nitrogens is 2. The fraction of sp³-hybridized carbons (Fsp3) is 0.407. The van der Waals surface area contributed by atoms with Crippen molar-refractivity contribution >= 4 is 6.03 Å². The molecule has 0 aliphatic heterocycles. The maximum absolute atomic E-state index is 13.0. The number of urea groups is 1. The largest absolute Gasteiger partial charge is 0.497 e. The third-order valence-corrected chi connectivity index (χ3v) is 5.95. The highest BCUT2D eigenvalue weighted by Gasteiger charge is 2.30. The minimum absolute atomic E-state index is 0.0319. The summed E-state index contributed by atoms with van der Waals surface area (Å²) in [6.07, 6.45) is 3.99. The van der Waals surface area contributed by atoms with Crippen molar-refractivity contribution in [3.05, 3.63) is 65.9 Å². The molecule has 1 aromatic heterocycles. The first kappa shape index (κ1) is 23.7. The predicted molar refractivity (Wildman–Crippen MR) is 133 cm³/mol. The predicted octanol–water partition coefficient (Wildman–Crippen LogP) is 5.57. The summed E-state index contributed by atoms with van der Waals surface area (Å²) in [5.41, 5.74) is 2.76. The molecule has 0 atom stereocenters. The number of nitrogens with zero attached hydrogens (tertiary/aromatic N) is 3. The minimum Gasteiger partial charge on any atom is -0.497 e. The van der Waals surface area contributed by atoms with Crippen molar-refractivity contribution in [1.29, 1.82) is 0 Å². The Kier molecular flexibility index (Phi) is 7.72. The van der Waals surface area contributed by atoms with Crippen molar-refractivity contribution in [1.82, 2.24) is 20.0 Å². The molecule has 4 rings (SSSR count). The Bertz CT molecular complexity index is 1090. The molecule has 3 aromatic rings. The lowest BCUT2D eigenvalue weighted by Crippen LogP contribution is -2.41. The summed E-state index contributed by atoms with van der Waals surface area (Å²) in [4.78, 5) is 14.9. The first-order valence-electron chi connectivity index (χ1n) is 12.1. The normalized spacial score (nSPS) is 12.9. The number of ether oxygens (including phenoxy) is 2. The SMILES string of the molecule is CCCNC(=O)N(Cc1c(CC)nn(-c2ccccc2)c1Oc1cccc(OC)c1)CC1CC1. The molecule has 2 amide bonds. The van der Waals surface area contributed by atoms with E-state index in [1.54, 1.807) is 7.11 Å². The highest BCUT2D eigenvalue weighted by atomic mass is 16.5. The molecule has 1 heterocycles. The van der Waals surface area contributed by atoms with Crippen LogP contribution in [0.1, 0.15) is 44.4 Å². The Morgan fingerprint density at radius 2 is 1.88 bits per heavy atom. The Labute approximate surface area is 201 Å². The average Bonchev–Trinajstić information content (AvgIpc) is 3.63. The van der Waals surface area contributed by atoms with E-state index in [9.17, 15) is 4.79 Å². The molecule has 7 nitrogen and oxygen atoms in total. The first-order valence-corrected chi connectivity index (χ1v) is 12.1. The minimum atomic E-state index is -0.0319. The van der Waals surface area contributed by atoms with Crippen molar-refractivity contribution in [3.8, 4) is 23.1 Å². The van der Waals surface area contributed by atoms with Crippen LogP contribution in [-0.2, 0) is 13.0 Å². The summed E-state index contributed by atoms with van der Waals surface area (Å²) in [6, 6.07) is 17.5. The number of benzene rings is 2. The van der Waals surface area contributed by atoms with Gasteiger partial charge in [-0.3, -0.25) is 0 Å².